The number of hydrogen-bond donors (Lipinski definition) is 0. The molecule has 0 N–H and O–H groups in total. The highest BCUT2D eigenvalue weighted by atomic mass is 14.4. The molecule has 0 nitrogen and oxygen atoms in total. The van der Waals surface area contributed by atoms with Crippen LogP contribution in [0.5, 0.6) is 0 Å². The van der Waals surface area contributed by atoms with Gasteiger partial charge in [-0.25, -0.2) is 0 Å². The fraction of sp³-hybridized carbons (Fsp3) is 0.0566. The summed E-state index contributed by atoms with van der Waals surface area (Å²) >= 11 is 0. The van der Waals surface area contributed by atoms with Crippen LogP contribution in [0.1, 0.15) is 30.5 Å². The van der Waals surface area contributed by atoms with Crippen molar-refractivity contribution in [1.29, 1.82) is 0 Å². The van der Waals surface area contributed by atoms with E-state index in [2.05, 4.69) is 190 Å². The van der Waals surface area contributed by atoms with Crippen molar-refractivity contribution in [2.45, 2.75) is 19.3 Å². The lowest BCUT2D eigenvalue weighted by Gasteiger charge is -2.22. The first kappa shape index (κ1) is 31.3. The highest BCUT2D eigenvalue weighted by Gasteiger charge is 2.35. The maximum absolute atomic E-state index is 3.83. The molecular formula is C53H38. The van der Waals surface area contributed by atoms with Gasteiger partial charge in [0.2, 0.25) is 0 Å². The van der Waals surface area contributed by atoms with Gasteiger partial charge in [-0.15, -0.1) is 0 Å². The van der Waals surface area contributed by atoms with Crippen LogP contribution in [0.15, 0.2) is 183 Å². The van der Waals surface area contributed by atoms with E-state index in [1.54, 1.807) is 0 Å². The Morgan fingerprint density at radius 2 is 0.925 bits per heavy atom. The molecule has 0 aliphatic heterocycles. The Bertz CT molecular complexity index is 2990. The largest absolute Gasteiger partial charge is 0.0991 e. The van der Waals surface area contributed by atoms with Gasteiger partial charge in [-0.05, 0) is 135 Å². The number of fused-ring (bicyclic) bond motifs is 8. The van der Waals surface area contributed by atoms with Crippen molar-refractivity contribution in [2.24, 2.45) is 0 Å². The predicted octanol–water partition coefficient (Wildman–Crippen LogP) is 14.8. The van der Waals surface area contributed by atoms with E-state index in [4.69, 9.17) is 0 Å². The summed E-state index contributed by atoms with van der Waals surface area (Å²) in [5, 5.41) is 10.1. The average molecular weight is 675 g/mol. The highest BCUT2D eigenvalue weighted by molar-refractivity contribution is 6.15. The van der Waals surface area contributed by atoms with Crippen LogP contribution in [-0.2, 0) is 5.41 Å². The van der Waals surface area contributed by atoms with Gasteiger partial charge in [0, 0.05) is 5.41 Å². The first-order valence-corrected chi connectivity index (χ1v) is 18.5. The minimum atomic E-state index is -0.0306. The number of benzene rings is 9. The number of hydrogen-bond acceptors (Lipinski definition) is 0. The van der Waals surface area contributed by atoms with Crippen molar-refractivity contribution in [1.82, 2.24) is 0 Å². The van der Waals surface area contributed by atoms with E-state index >= 15 is 0 Å². The molecule has 0 unspecified atom stereocenters. The van der Waals surface area contributed by atoms with Gasteiger partial charge in [0.05, 0.1) is 0 Å². The SMILES string of the molecule is C=CC=Cc1ccc2cc(-c3ccc4cc(-c5ccc(-c6ccc7c(c6)C(C)(C)c6ccccc6-7)c6ccccc56)ccc4c3)c3ccccc3c2c1. The summed E-state index contributed by atoms with van der Waals surface area (Å²) in [7, 11) is 0. The smallest absolute Gasteiger partial charge is 0.0159 e. The number of allylic oxidation sites excluding steroid dienone is 2. The molecule has 0 fully saturated rings. The molecule has 250 valence electrons. The molecule has 0 radical (unpaired) electrons. The summed E-state index contributed by atoms with van der Waals surface area (Å²) in [6.45, 7) is 8.54. The molecule has 10 rings (SSSR count). The fourth-order valence-corrected chi connectivity index (χ4v) is 8.90. The molecule has 0 saturated heterocycles. The Labute approximate surface area is 311 Å². The summed E-state index contributed by atoms with van der Waals surface area (Å²) in [6, 6.07) is 61.2. The van der Waals surface area contributed by atoms with Crippen LogP contribution >= 0.6 is 0 Å². The Morgan fingerprint density at radius 1 is 0.396 bits per heavy atom. The standard InChI is InChI=1S/C53H38/c1-4-5-12-34-19-20-39-32-50(46-16-9-8-15-45(46)49(39)29-34)38-24-22-35-30-37(23-21-36(35)31-38)41-27-28-42(44-14-7-6-13-43(41)44)40-25-26-48-47-17-10-11-18-51(47)53(2,3)52(48)33-40/h4-33H,1H2,2-3H3. The van der Waals surface area contributed by atoms with Crippen molar-refractivity contribution in [2.75, 3.05) is 0 Å². The van der Waals surface area contributed by atoms with Crippen molar-refractivity contribution in [3.05, 3.63) is 199 Å². The first-order valence-electron chi connectivity index (χ1n) is 18.5. The highest BCUT2D eigenvalue weighted by Crippen LogP contribution is 2.50. The van der Waals surface area contributed by atoms with E-state index in [9.17, 15) is 0 Å². The van der Waals surface area contributed by atoms with E-state index < -0.39 is 0 Å². The zero-order valence-electron chi connectivity index (χ0n) is 30.0. The zero-order chi connectivity index (χ0) is 35.7. The summed E-state index contributed by atoms with van der Waals surface area (Å²) < 4.78 is 0. The van der Waals surface area contributed by atoms with Crippen LogP contribution in [0.25, 0.3) is 93.7 Å². The van der Waals surface area contributed by atoms with Gasteiger partial charge in [-0.1, -0.05) is 172 Å². The minimum Gasteiger partial charge on any atom is -0.0991 e. The molecule has 9 aromatic rings. The predicted molar refractivity (Wildman–Crippen MR) is 230 cm³/mol. The van der Waals surface area contributed by atoms with E-state index in [-0.39, 0.29) is 5.41 Å². The molecule has 0 heteroatoms. The molecule has 0 bridgehead atoms. The van der Waals surface area contributed by atoms with Gasteiger partial charge >= 0.3 is 0 Å². The van der Waals surface area contributed by atoms with Gasteiger partial charge < -0.3 is 0 Å². The zero-order valence-corrected chi connectivity index (χ0v) is 30.0. The Balaban J connectivity index is 1.04. The topological polar surface area (TPSA) is 0 Å². The second-order valence-corrected chi connectivity index (χ2v) is 15.0. The monoisotopic (exact) mass is 674 g/mol. The van der Waals surface area contributed by atoms with E-state index in [1.807, 2.05) is 12.2 Å². The third-order valence-corrected chi connectivity index (χ3v) is 11.6. The van der Waals surface area contributed by atoms with E-state index in [0.29, 0.717) is 0 Å². The van der Waals surface area contributed by atoms with Crippen LogP contribution in [0.4, 0.5) is 0 Å². The van der Waals surface area contributed by atoms with Crippen LogP contribution in [0.3, 0.4) is 0 Å². The number of rotatable bonds is 5. The van der Waals surface area contributed by atoms with Gasteiger partial charge in [-0.3, -0.25) is 0 Å². The van der Waals surface area contributed by atoms with Gasteiger partial charge in [0.1, 0.15) is 0 Å². The quantitative estimate of drug-likeness (QED) is 0.126. The third kappa shape index (κ3) is 4.98. The first-order chi connectivity index (χ1) is 26.0. The van der Waals surface area contributed by atoms with Crippen molar-refractivity contribution in [3.63, 3.8) is 0 Å². The minimum absolute atomic E-state index is 0.0306. The summed E-state index contributed by atoms with van der Waals surface area (Å²) in [6.07, 6.45) is 5.92. The molecule has 0 heterocycles. The lowest BCUT2D eigenvalue weighted by atomic mass is 9.81. The molecule has 0 amide bonds. The summed E-state index contributed by atoms with van der Waals surface area (Å²) in [5.74, 6) is 0. The molecule has 1 aliphatic carbocycles. The molecule has 0 spiro atoms. The van der Waals surface area contributed by atoms with E-state index in [0.717, 1.165) is 0 Å². The van der Waals surface area contributed by atoms with Crippen LogP contribution in [0.2, 0.25) is 0 Å². The second-order valence-electron chi connectivity index (χ2n) is 15.0. The molecule has 0 aromatic heterocycles. The lowest BCUT2D eigenvalue weighted by molar-refractivity contribution is 0.660. The normalized spacial score (nSPS) is 13.2. The summed E-state index contributed by atoms with van der Waals surface area (Å²) in [4.78, 5) is 0. The van der Waals surface area contributed by atoms with Crippen molar-refractivity contribution in [3.8, 4) is 44.5 Å². The van der Waals surface area contributed by atoms with Crippen molar-refractivity contribution < 1.29 is 0 Å². The Hall–Kier alpha value is -6.50. The molecule has 0 saturated carbocycles. The second kappa shape index (κ2) is 12.0. The third-order valence-electron chi connectivity index (χ3n) is 11.6. The van der Waals surface area contributed by atoms with Crippen molar-refractivity contribution >= 4 is 49.2 Å². The van der Waals surface area contributed by atoms with Crippen LogP contribution in [0, 0.1) is 0 Å². The van der Waals surface area contributed by atoms with Gasteiger partial charge in [0.25, 0.3) is 0 Å². The van der Waals surface area contributed by atoms with Gasteiger partial charge in [-0.2, -0.15) is 0 Å². The molecule has 9 aromatic carbocycles. The van der Waals surface area contributed by atoms with E-state index in [1.165, 1.54) is 104 Å². The van der Waals surface area contributed by atoms with Gasteiger partial charge in [0.15, 0.2) is 0 Å². The maximum atomic E-state index is 3.83. The maximum Gasteiger partial charge on any atom is 0.0159 e. The summed E-state index contributed by atoms with van der Waals surface area (Å²) in [5.41, 5.74) is 14.2. The molecular weight excluding hydrogens is 637 g/mol. The average Bonchev–Trinajstić information content (AvgIpc) is 3.44. The fourth-order valence-electron chi connectivity index (χ4n) is 8.90. The lowest BCUT2D eigenvalue weighted by Crippen LogP contribution is -2.14. The molecule has 0 atom stereocenters. The van der Waals surface area contributed by atoms with Crippen LogP contribution < -0.4 is 0 Å². The Morgan fingerprint density at radius 3 is 1.62 bits per heavy atom. The molecule has 1 aliphatic rings. The molecule has 53 heavy (non-hydrogen) atoms. The van der Waals surface area contributed by atoms with Crippen LogP contribution in [-0.4, -0.2) is 0 Å². The Kier molecular flexibility index (Phi) is 7.10.